The van der Waals surface area contributed by atoms with Crippen LogP contribution in [0.4, 0.5) is 4.39 Å². The van der Waals surface area contributed by atoms with Gasteiger partial charge in [0.15, 0.2) is 11.3 Å². The highest BCUT2D eigenvalue weighted by molar-refractivity contribution is 5.98. The molecule has 4 aromatic rings. The van der Waals surface area contributed by atoms with E-state index in [1.165, 1.54) is 18.2 Å². The molecular formula is C34H30FN3O4. The van der Waals surface area contributed by atoms with Crippen LogP contribution >= 0.6 is 0 Å². The van der Waals surface area contributed by atoms with Crippen molar-refractivity contribution in [2.75, 3.05) is 13.1 Å². The van der Waals surface area contributed by atoms with E-state index >= 15 is 0 Å². The number of benzene rings is 3. The van der Waals surface area contributed by atoms with Crippen molar-refractivity contribution in [2.24, 2.45) is 10.9 Å². The van der Waals surface area contributed by atoms with Crippen LogP contribution < -0.4 is 5.43 Å². The summed E-state index contributed by atoms with van der Waals surface area (Å²) in [6.07, 6.45) is 1.96. The molecule has 212 valence electrons. The molecule has 2 aliphatic rings. The van der Waals surface area contributed by atoms with Crippen LogP contribution in [0.1, 0.15) is 47.9 Å². The summed E-state index contributed by atoms with van der Waals surface area (Å²) in [6, 6.07) is 22.9. The SMILES string of the molecule is CC(C)C(c1oc2cc(F)ccc2c(=O)c1Cc1cccc(C#N)c1)N1CCN=C1C1=COC(Cc2ccccc2)O1. The Kier molecular flexibility index (Phi) is 7.49. The summed E-state index contributed by atoms with van der Waals surface area (Å²) in [5.41, 5.74) is 2.84. The lowest BCUT2D eigenvalue weighted by Gasteiger charge is -2.33. The predicted octanol–water partition coefficient (Wildman–Crippen LogP) is 6.26. The maximum atomic E-state index is 14.3. The molecule has 0 saturated heterocycles. The minimum Gasteiger partial charge on any atom is -0.458 e. The van der Waals surface area contributed by atoms with Crippen molar-refractivity contribution in [1.82, 2.24) is 4.90 Å². The number of nitriles is 1. The number of halogens is 1. The third-order valence-electron chi connectivity index (χ3n) is 7.58. The van der Waals surface area contributed by atoms with Gasteiger partial charge in [0.1, 0.15) is 23.4 Å². The number of fused-ring (bicyclic) bond motifs is 1. The second kappa shape index (κ2) is 11.5. The summed E-state index contributed by atoms with van der Waals surface area (Å²) >= 11 is 0. The molecule has 42 heavy (non-hydrogen) atoms. The van der Waals surface area contributed by atoms with E-state index in [1.54, 1.807) is 24.5 Å². The molecule has 2 unspecified atom stereocenters. The van der Waals surface area contributed by atoms with Crippen LogP contribution in [0.3, 0.4) is 0 Å². The zero-order valence-corrected chi connectivity index (χ0v) is 23.4. The van der Waals surface area contributed by atoms with E-state index in [9.17, 15) is 14.4 Å². The summed E-state index contributed by atoms with van der Waals surface area (Å²) in [5.74, 6) is 1.10. The average Bonchev–Trinajstić information content (AvgIpc) is 3.65. The zero-order valence-electron chi connectivity index (χ0n) is 23.4. The molecule has 6 rings (SSSR count). The Morgan fingerprint density at radius 3 is 2.67 bits per heavy atom. The largest absolute Gasteiger partial charge is 0.458 e. The first-order valence-electron chi connectivity index (χ1n) is 14.0. The third kappa shape index (κ3) is 5.38. The molecule has 2 aliphatic heterocycles. The lowest BCUT2D eigenvalue weighted by molar-refractivity contribution is -0.0263. The van der Waals surface area contributed by atoms with Crippen LogP contribution in [-0.2, 0) is 22.3 Å². The number of amidine groups is 1. The maximum Gasteiger partial charge on any atom is 0.244 e. The smallest absolute Gasteiger partial charge is 0.244 e. The van der Waals surface area contributed by atoms with E-state index in [0.29, 0.717) is 53.4 Å². The number of ether oxygens (including phenoxy) is 2. The predicted molar refractivity (Wildman–Crippen MR) is 157 cm³/mol. The lowest BCUT2D eigenvalue weighted by atomic mass is 9.92. The Bertz CT molecular complexity index is 1790. The molecule has 0 amide bonds. The Labute approximate surface area is 243 Å². The molecule has 0 fully saturated rings. The van der Waals surface area contributed by atoms with Gasteiger partial charge in [-0.1, -0.05) is 56.3 Å². The number of rotatable bonds is 8. The van der Waals surface area contributed by atoms with Gasteiger partial charge in [0.25, 0.3) is 0 Å². The molecule has 0 aliphatic carbocycles. The van der Waals surface area contributed by atoms with Gasteiger partial charge in [-0.3, -0.25) is 9.79 Å². The van der Waals surface area contributed by atoms with Gasteiger partial charge in [-0.25, -0.2) is 4.39 Å². The highest BCUT2D eigenvalue weighted by Gasteiger charge is 2.38. The highest BCUT2D eigenvalue weighted by Crippen LogP contribution is 2.36. The van der Waals surface area contributed by atoms with Crippen molar-refractivity contribution in [3.8, 4) is 6.07 Å². The first-order chi connectivity index (χ1) is 20.4. The number of nitrogens with zero attached hydrogens (tertiary/aromatic N) is 3. The van der Waals surface area contributed by atoms with Crippen molar-refractivity contribution in [3.63, 3.8) is 0 Å². The van der Waals surface area contributed by atoms with E-state index in [0.717, 1.165) is 11.1 Å². The molecule has 1 aromatic heterocycles. The molecule has 0 saturated carbocycles. The Morgan fingerprint density at radius 1 is 1.07 bits per heavy atom. The summed E-state index contributed by atoms with van der Waals surface area (Å²) in [4.78, 5) is 20.8. The van der Waals surface area contributed by atoms with E-state index in [4.69, 9.17) is 18.9 Å². The van der Waals surface area contributed by atoms with Gasteiger partial charge in [0.05, 0.1) is 29.6 Å². The number of hydrogen-bond acceptors (Lipinski definition) is 7. The quantitative estimate of drug-likeness (QED) is 0.251. The van der Waals surface area contributed by atoms with Crippen molar-refractivity contribution >= 4 is 16.8 Å². The molecule has 8 heteroatoms. The second-order valence-corrected chi connectivity index (χ2v) is 10.8. The Hall–Kier alpha value is -4.90. The molecule has 0 spiro atoms. The Balaban J connectivity index is 1.38. The van der Waals surface area contributed by atoms with E-state index < -0.39 is 18.1 Å². The summed E-state index contributed by atoms with van der Waals surface area (Å²) in [5, 5.41) is 9.74. The van der Waals surface area contributed by atoms with Crippen LogP contribution in [-0.4, -0.2) is 30.1 Å². The van der Waals surface area contributed by atoms with Gasteiger partial charge in [-0.2, -0.15) is 5.26 Å². The fraction of sp³-hybridized carbons (Fsp3) is 0.265. The van der Waals surface area contributed by atoms with Crippen molar-refractivity contribution in [1.29, 1.82) is 5.26 Å². The van der Waals surface area contributed by atoms with Crippen molar-refractivity contribution in [3.05, 3.63) is 129 Å². The van der Waals surface area contributed by atoms with Crippen LogP contribution in [0, 0.1) is 23.1 Å². The van der Waals surface area contributed by atoms with Crippen LogP contribution in [0.25, 0.3) is 11.0 Å². The highest BCUT2D eigenvalue weighted by atomic mass is 19.1. The minimum atomic E-state index is -0.485. The van der Waals surface area contributed by atoms with Crippen molar-refractivity contribution in [2.45, 2.75) is 39.0 Å². The molecule has 3 heterocycles. The van der Waals surface area contributed by atoms with Gasteiger partial charge >= 0.3 is 0 Å². The van der Waals surface area contributed by atoms with E-state index in [-0.39, 0.29) is 23.4 Å². The minimum absolute atomic E-state index is 0.0188. The summed E-state index contributed by atoms with van der Waals surface area (Å²) in [6.45, 7) is 5.22. The topological polar surface area (TPSA) is 88.1 Å². The van der Waals surface area contributed by atoms with E-state index in [1.807, 2.05) is 36.4 Å². The fourth-order valence-corrected chi connectivity index (χ4v) is 5.68. The molecule has 3 aromatic carbocycles. The maximum absolute atomic E-state index is 14.3. The summed E-state index contributed by atoms with van der Waals surface area (Å²) in [7, 11) is 0. The number of hydrogen-bond donors (Lipinski definition) is 0. The summed E-state index contributed by atoms with van der Waals surface area (Å²) < 4.78 is 32.8. The molecular weight excluding hydrogens is 533 g/mol. The Morgan fingerprint density at radius 2 is 1.88 bits per heavy atom. The van der Waals surface area contributed by atoms with Gasteiger partial charge in [0.2, 0.25) is 12.0 Å². The molecule has 7 nitrogen and oxygen atoms in total. The van der Waals surface area contributed by atoms with Gasteiger partial charge in [0, 0.05) is 31.0 Å². The molecule has 0 bridgehead atoms. The lowest BCUT2D eigenvalue weighted by Crippen LogP contribution is -2.37. The van der Waals surface area contributed by atoms with Crippen LogP contribution in [0.2, 0.25) is 0 Å². The zero-order chi connectivity index (χ0) is 29.2. The second-order valence-electron chi connectivity index (χ2n) is 10.8. The standard InChI is InChI=1S/C34H30FN3O4/c1-21(2)31(38-14-13-37-34(38)29-20-40-30(41-29)17-22-7-4-3-5-8-22)33-27(16-23-9-6-10-24(15-23)19-36)32(39)26-12-11-25(35)18-28(26)42-33/h3-12,15,18,20-21,30-31H,13-14,16-17H2,1-2H3. The van der Waals surface area contributed by atoms with E-state index in [2.05, 4.69) is 24.8 Å². The molecule has 0 radical (unpaired) electrons. The van der Waals surface area contributed by atoms with Crippen molar-refractivity contribution < 1.29 is 18.3 Å². The van der Waals surface area contributed by atoms with Crippen LogP contribution in [0.15, 0.2) is 99.0 Å². The molecule has 2 atom stereocenters. The van der Waals surface area contributed by atoms with Crippen LogP contribution in [0.5, 0.6) is 0 Å². The van der Waals surface area contributed by atoms with Gasteiger partial charge in [-0.05, 0) is 41.3 Å². The first kappa shape index (κ1) is 27.3. The van der Waals surface area contributed by atoms with Gasteiger partial charge in [-0.15, -0.1) is 0 Å². The van der Waals surface area contributed by atoms with Gasteiger partial charge < -0.3 is 18.8 Å². The fourth-order valence-electron chi connectivity index (χ4n) is 5.68. The monoisotopic (exact) mass is 563 g/mol. The normalized spacial score (nSPS) is 17.0. The first-order valence-corrected chi connectivity index (χ1v) is 14.0. The average molecular weight is 564 g/mol. The third-order valence-corrected chi connectivity index (χ3v) is 7.58. The number of aliphatic imine (C=N–C) groups is 1. The molecule has 0 N–H and O–H groups in total.